The Morgan fingerprint density at radius 3 is 1.62 bits per heavy atom. The number of unbranched alkanes of at least 4 members (excludes halogenated alkanes) is 10. The van der Waals surface area contributed by atoms with Crippen LogP contribution >= 0.6 is 0 Å². The second-order valence-corrected chi connectivity index (χ2v) is 7.32. The molecule has 0 aromatic carbocycles. The van der Waals surface area contributed by atoms with Gasteiger partial charge in [-0.1, -0.05) is 85.0 Å². The number of hydrogen-bond acceptors (Lipinski definition) is 2. The van der Waals surface area contributed by atoms with E-state index in [-0.39, 0.29) is 11.8 Å². The Morgan fingerprint density at radius 2 is 1.25 bits per heavy atom. The summed E-state index contributed by atoms with van der Waals surface area (Å²) in [5, 5.41) is 9.23. The van der Waals surface area contributed by atoms with Crippen LogP contribution in [0.2, 0.25) is 0 Å². The first kappa shape index (κ1) is 22.9. The average Bonchev–Trinajstić information content (AvgIpc) is 2.51. The summed E-state index contributed by atoms with van der Waals surface area (Å²) in [5.41, 5.74) is 0. The van der Waals surface area contributed by atoms with Crippen LogP contribution in [0.5, 0.6) is 0 Å². The van der Waals surface area contributed by atoms with Crippen molar-refractivity contribution in [1.29, 1.82) is 0 Å². The molecule has 1 unspecified atom stereocenters. The van der Waals surface area contributed by atoms with Crippen molar-refractivity contribution in [3.05, 3.63) is 0 Å². The van der Waals surface area contributed by atoms with E-state index in [0.717, 1.165) is 12.8 Å². The average molecular weight is 342 g/mol. The fourth-order valence-electron chi connectivity index (χ4n) is 3.17. The summed E-state index contributed by atoms with van der Waals surface area (Å²) in [5.74, 6) is -1.04. The molecule has 0 aliphatic heterocycles. The van der Waals surface area contributed by atoms with Crippen LogP contribution in [0.25, 0.3) is 0 Å². The lowest BCUT2D eigenvalue weighted by Gasteiger charge is -2.27. The predicted octanol–water partition coefficient (Wildman–Crippen LogP) is 5.26. The maximum absolute atomic E-state index is 12.1. The van der Waals surface area contributed by atoms with Gasteiger partial charge in [-0.3, -0.25) is 4.79 Å². The molecule has 0 aliphatic rings. The van der Waals surface area contributed by atoms with Gasteiger partial charge >= 0.3 is 5.97 Å². The Labute approximate surface area is 149 Å². The van der Waals surface area contributed by atoms with E-state index < -0.39 is 12.0 Å². The van der Waals surface area contributed by atoms with Crippen LogP contribution in [0.1, 0.15) is 97.8 Å². The summed E-state index contributed by atoms with van der Waals surface area (Å²) in [7, 11) is 1.61. The Kier molecular flexibility index (Phi) is 13.7. The maximum atomic E-state index is 12.1. The van der Waals surface area contributed by atoms with Crippen LogP contribution in [0.4, 0.5) is 0 Å². The maximum Gasteiger partial charge on any atom is 0.326 e. The van der Waals surface area contributed by atoms with Gasteiger partial charge in [-0.2, -0.15) is 0 Å². The van der Waals surface area contributed by atoms with Gasteiger partial charge < -0.3 is 10.0 Å². The van der Waals surface area contributed by atoms with Crippen molar-refractivity contribution in [2.24, 2.45) is 5.92 Å². The van der Waals surface area contributed by atoms with E-state index >= 15 is 0 Å². The number of carbonyl (C=O) groups excluding carboxylic acids is 1. The van der Waals surface area contributed by atoms with E-state index in [2.05, 4.69) is 6.92 Å². The first-order valence-corrected chi connectivity index (χ1v) is 9.90. The van der Waals surface area contributed by atoms with Crippen molar-refractivity contribution in [2.75, 3.05) is 7.05 Å². The van der Waals surface area contributed by atoms with Gasteiger partial charge in [0.1, 0.15) is 6.04 Å². The highest BCUT2D eigenvalue weighted by molar-refractivity contribution is 5.83. The highest BCUT2D eigenvalue weighted by atomic mass is 16.4. The van der Waals surface area contributed by atoms with Crippen LogP contribution in [0.15, 0.2) is 0 Å². The van der Waals surface area contributed by atoms with Crippen molar-refractivity contribution < 1.29 is 14.7 Å². The first-order chi connectivity index (χ1) is 11.4. The Morgan fingerprint density at radius 1 is 0.833 bits per heavy atom. The molecular formula is C20H39NO3. The number of nitrogens with zero attached hydrogens (tertiary/aromatic N) is 1. The van der Waals surface area contributed by atoms with Crippen LogP contribution < -0.4 is 0 Å². The number of likely N-dealkylation sites (N-methyl/N-ethyl adjacent to an activating group) is 1. The highest BCUT2D eigenvalue weighted by Gasteiger charge is 2.28. The Hall–Kier alpha value is -1.06. The SMILES string of the molecule is CCCCCCCCCCCCCC(=O)N(C)C(C(=O)O)C(C)C. The molecule has 0 fully saturated rings. The van der Waals surface area contributed by atoms with E-state index in [4.69, 9.17) is 0 Å². The molecule has 1 amide bonds. The third kappa shape index (κ3) is 10.7. The second-order valence-electron chi connectivity index (χ2n) is 7.32. The molecule has 0 heterocycles. The van der Waals surface area contributed by atoms with Gasteiger partial charge in [0.15, 0.2) is 0 Å². The molecule has 1 N–H and O–H groups in total. The van der Waals surface area contributed by atoms with Gasteiger partial charge in [0.05, 0.1) is 0 Å². The molecule has 0 saturated carbocycles. The summed E-state index contributed by atoms with van der Waals surface area (Å²) in [6.45, 7) is 5.92. The van der Waals surface area contributed by atoms with Gasteiger partial charge in [-0.25, -0.2) is 4.79 Å². The van der Waals surface area contributed by atoms with Crippen molar-refractivity contribution in [1.82, 2.24) is 4.90 Å². The third-order valence-electron chi connectivity index (χ3n) is 4.69. The molecule has 1 atom stereocenters. The molecule has 0 radical (unpaired) electrons. The number of rotatable bonds is 15. The number of hydrogen-bond donors (Lipinski definition) is 1. The Balaban J connectivity index is 3.66. The smallest absolute Gasteiger partial charge is 0.326 e. The van der Waals surface area contributed by atoms with Crippen LogP contribution in [-0.2, 0) is 9.59 Å². The largest absolute Gasteiger partial charge is 0.480 e. The lowest BCUT2D eigenvalue weighted by molar-refractivity contribution is -0.151. The topological polar surface area (TPSA) is 57.6 Å². The normalized spacial score (nSPS) is 12.4. The summed E-state index contributed by atoms with van der Waals surface area (Å²) in [4.78, 5) is 24.8. The lowest BCUT2D eigenvalue weighted by atomic mass is 10.0. The minimum absolute atomic E-state index is 0.0491. The fourth-order valence-corrected chi connectivity index (χ4v) is 3.17. The van der Waals surface area contributed by atoms with Gasteiger partial charge in [-0.15, -0.1) is 0 Å². The zero-order chi connectivity index (χ0) is 18.4. The van der Waals surface area contributed by atoms with Gasteiger partial charge in [0.2, 0.25) is 5.91 Å². The third-order valence-corrected chi connectivity index (χ3v) is 4.69. The van der Waals surface area contributed by atoms with Crippen LogP contribution in [0.3, 0.4) is 0 Å². The van der Waals surface area contributed by atoms with E-state index in [1.54, 1.807) is 7.05 Å². The molecule has 0 bridgehead atoms. The van der Waals surface area contributed by atoms with Crippen molar-refractivity contribution in [3.63, 3.8) is 0 Å². The van der Waals surface area contributed by atoms with E-state index in [9.17, 15) is 14.7 Å². The lowest BCUT2D eigenvalue weighted by Crippen LogP contribution is -2.45. The number of carboxylic acid groups (broad SMARTS) is 1. The summed E-state index contributed by atoms with van der Waals surface area (Å²) >= 11 is 0. The minimum Gasteiger partial charge on any atom is -0.480 e. The van der Waals surface area contributed by atoms with Gasteiger partial charge in [0, 0.05) is 13.5 Å². The summed E-state index contributed by atoms with van der Waals surface area (Å²) in [6, 6.07) is -0.717. The summed E-state index contributed by atoms with van der Waals surface area (Å²) in [6.07, 6.45) is 14.2. The van der Waals surface area contributed by atoms with Gasteiger partial charge in [0.25, 0.3) is 0 Å². The van der Waals surface area contributed by atoms with Crippen LogP contribution in [0, 0.1) is 5.92 Å². The molecule has 0 rings (SSSR count). The molecule has 4 heteroatoms. The quantitative estimate of drug-likeness (QED) is 0.414. The van der Waals surface area contributed by atoms with E-state index in [1.165, 1.54) is 62.7 Å². The zero-order valence-electron chi connectivity index (χ0n) is 16.4. The van der Waals surface area contributed by atoms with Crippen molar-refractivity contribution in [2.45, 2.75) is 104 Å². The molecule has 0 spiro atoms. The predicted molar refractivity (Wildman–Crippen MR) is 100 cm³/mol. The van der Waals surface area contributed by atoms with Crippen LogP contribution in [-0.4, -0.2) is 35.0 Å². The molecule has 0 aliphatic carbocycles. The molecular weight excluding hydrogens is 302 g/mol. The highest BCUT2D eigenvalue weighted by Crippen LogP contribution is 2.14. The van der Waals surface area contributed by atoms with Gasteiger partial charge in [-0.05, 0) is 12.3 Å². The fraction of sp³-hybridized carbons (Fsp3) is 0.900. The standard InChI is InChI=1S/C20H39NO3/c1-5-6-7-8-9-10-11-12-13-14-15-16-18(22)21(4)19(17(2)3)20(23)24/h17,19H,5-16H2,1-4H3,(H,23,24). The molecule has 24 heavy (non-hydrogen) atoms. The van der Waals surface area contributed by atoms with E-state index in [0.29, 0.717) is 6.42 Å². The van der Waals surface area contributed by atoms with E-state index in [1.807, 2.05) is 13.8 Å². The molecule has 0 aromatic rings. The zero-order valence-corrected chi connectivity index (χ0v) is 16.4. The molecule has 0 aromatic heterocycles. The second kappa shape index (κ2) is 14.3. The number of carbonyl (C=O) groups is 2. The number of aliphatic carboxylic acids is 1. The van der Waals surface area contributed by atoms with Crippen molar-refractivity contribution in [3.8, 4) is 0 Å². The number of amides is 1. The minimum atomic E-state index is -0.917. The number of carboxylic acids is 1. The van der Waals surface area contributed by atoms with Crippen molar-refractivity contribution >= 4 is 11.9 Å². The molecule has 142 valence electrons. The summed E-state index contributed by atoms with van der Waals surface area (Å²) < 4.78 is 0. The Bertz CT molecular complexity index is 342. The monoisotopic (exact) mass is 341 g/mol. The molecule has 0 saturated heterocycles. The first-order valence-electron chi connectivity index (χ1n) is 9.90. The molecule has 4 nitrogen and oxygen atoms in total.